The van der Waals surface area contributed by atoms with E-state index in [4.69, 9.17) is 4.74 Å². The molecule has 172 valence electrons. The standard InChI is InChI=1S/C24H29N7O2/c1-14-9-22(27-16(3)26-14)28-23-11-19-10-18(7-8-31(19)29-23)24-21(12-25-30(24)4)33-13-20(32)15(2)17-5-6-17/h7-12,15,17,20,32H,5-6,13H2,1-4H3,(H,26,27,28,29)/t15?,20-/m1/s1. The Morgan fingerprint density at radius 2 is 2.00 bits per heavy atom. The van der Waals surface area contributed by atoms with Gasteiger partial charge in [-0.15, -0.1) is 0 Å². The molecule has 9 nitrogen and oxygen atoms in total. The SMILES string of the molecule is Cc1cc(Nc2cc3cc(-c4c(OC[C@@H](O)C(C)C5CC5)cnn4C)ccn3n2)nc(C)n1. The summed E-state index contributed by atoms with van der Waals surface area (Å²) in [5.74, 6) is 3.66. The fourth-order valence-corrected chi connectivity index (χ4v) is 4.23. The maximum absolute atomic E-state index is 10.5. The number of hydrogen-bond acceptors (Lipinski definition) is 7. The molecule has 0 bridgehead atoms. The van der Waals surface area contributed by atoms with Gasteiger partial charge in [0, 0.05) is 36.6 Å². The van der Waals surface area contributed by atoms with E-state index in [0.717, 1.165) is 22.5 Å². The molecule has 0 aromatic carbocycles. The number of fused-ring (bicyclic) bond motifs is 1. The van der Waals surface area contributed by atoms with Crippen molar-refractivity contribution in [2.45, 2.75) is 39.7 Å². The van der Waals surface area contributed by atoms with Gasteiger partial charge >= 0.3 is 0 Å². The van der Waals surface area contributed by atoms with Crippen LogP contribution < -0.4 is 10.1 Å². The van der Waals surface area contributed by atoms with Crippen molar-refractivity contribution in [3.05, 3.63) is 48.2 Å². The maximum Gasteiger partial charge on any atom is 0.165 e. The van der Waals surface area contributed by atoms with Gasteiger partial charge in [-0.25, -0.2) is 14.5 Å². The Morgan fingerprint density at radius 1 is 1.18 bits per heavy atom. The van der Waals surface area contributed by atoms with E-state index in [2.05, 4.69) is 32.4 Å². The number of nitrogens with zero attached hydrogens (tertiary/aromatic N) is 6. The van der Waals surface area contributed by atoms with Crippen LogP contribution in [-0.2, 0) is 7.05 Å². The monoisotopic (exact) mass is 447 g/mol. The summed E-state index contributed by atoms with van der Waals surface area (Å²) in [7, 11) is 1.89. The smallest absolute Gasteiger partial charge is 0.165 e. The highest BCUT2D eigenvalue weighted by molar-refractivity contribution is 5.72. The minimum atomic E-state index is -0.481. The number of aromatic nitrogens is 6. The molecule has 4 heterocycles. The van der Waals surface area contributed by atoms with Crippen LogP contribution >= 0.6 is 0 Å². The second-order valence-electron chi connectivity index (χ2n) is 8.94. The number of aryl methyl sites for hydroxylation is 3. The third kappa shape index (κ3) is 4.54. The summed E-state index contributed by atoms with van der Waals surface area (Å²) >= 11 is 0. The average Bonchev–Trinajstić information content (AvgIpc) is 3.44. The van der Waals surface area contributed by atoms with Crippen LogP contribution in [0.1, 0.15) is 31.3 Å². The normalized spacial score (nSPS) is 15.5. The van der Waals surface area contributed by atoms with Crippen molar-refractivity contribution in [2.24, 2.45) is 18.9 Å². The van der Waals surface area contributed by atoms with E-state index in [0.29, 0.717) is 29.1 Å². The minimum Gasteiger partial charge on any atom is -0.487 e. The highest BCUT2D eigenvalue weighted by atomic mass is 16.5. The van der Waals surface area contributed by atoms with E-state index in [1.807, 2.05) is 55.9 Å². The Morgan fingerprint density at radius 3 is 2.76 bits per heavy atom. The quantitative estimate of drug-likeness (QED) is 0.425. The van der Waals surface area contributed by atoms with Crippen LogP contribution in [0, 0.1) is 25.7 Å². The van der Waals surface area contributed by atoms with Crippen molar-refractivity contribution < 1.29 is 9.84 Å². The van der Waals surface area contributed by atoms with E-state index >= 15 is 0 Å². The van der Waals surface area contributed by atoms with Gasteiger partial charge < -0.3 is 15.2 Å². The van der Waals surface area contributed by atoms with Crippen molar-refractivity contribution in [1.29, 1.82) is 0 Å². The molecule has 1 unspecified atom stereocenters. The molecule has 4 aromatic rings. The maximum atomic E-state index is 10.5. The first-order valence-electron chi connectivity index (χ1n) is 11.3. The number of pyridine rings is 1. The molecule has 0 spiro atoms. The molecule has 33 heavy (non-hydrogen) atoms. The Hall–Kier alpha value is -3.46. The zero-order valence-corrected chi connectivity index (χ0v) is 19.4. The third-order valence-corrected chi connectivity index (χ3v) is 6.25. The van der Waals surface area contributed by atoms with Gasteiger partial charge in [0.25, 0.3) is 0 Å². The van der Waals surface area contributed by atoms with Crippen molar-refractivity contribution in [1.82, 2.24) is 29.4 Å². The first kappa shape index (κ1) is 21.4. The molecule has 5 rings (SSSR count). The molecule has 2 atom stereocenters. The molecule has 0 amide bonds. The lowest BCUT2D eigenvalue weighted by molar-refractivity contribution is 0.0555. The van der Waals surface area contributed by atoms with Gasteiger partial charge in [0.1, 0.15) is 23.9 Å². The first-order chi connectivity index (χ1) is 15.9. The van der Waals surface area contributed by atoms with Crippen LogP contribution in [0.3, 0.4) is 0 Å². The number of nitrogens with one attached hydrogen (secondary N) is 1. The Balaban J connectivity index is 1.37. The van der Waals surface area contributed by atoms with E-state index in [1.54, 1.807) is 10.9 Å². The van der Waals surface area contributed by atoms with Crippen LogP contribution in [0.2, 0.25) is 0 Å². The van der Waals surface area contributed by atoms with Crippen LogP contribution in [0.25, 0.3) is 16.8 Å². The van der Waals surface area contributed by atoms with Crippen molar-refractivity contribution >= 4 is 17.2 Å². The number of hydrogen-bond donors (Lipinski definition) is 2. The number of anilines is 2. The van der Waals surface area contributed by atoms with Crippen LogP contribution in [0.5, 0.6) is 5.75 Å². The van der Waals surface area contributed by atoms with E-state index in [9.17, 15) is 5.11 Å². The number of aliphatic hydroxyl groups excluding tert-OH is 1. The molecule has 1 saturated carbocycles. The highest BCUT2D eigenvalue weighted by Crippen LogP contribution is 2.38. The molecule has 2 N–H and O–H groups in total. The van der Waals surface area contributed by atoms with E-state index in [-0.39, 0.29) is 12.5 Å². The molecule has 4 aromatic heterocycles. The van der Waals surface area contributed by atoms with Crippen LogP contribution in [-0.4, -0.2) is 47.2 Å². The molecular formula is C24H29N7O2. The largest absolute Gasteiger partial charge is 0.487 e. The summed E-state index contributed by atoms with van der Waals surface area (Å²) < 4.78 is 9.61. The summed E-state index contributed by atoms with van der Waals surface area (Å²) in [5.41, 5.74) is 3.65. The highest BCUT2D eigenvalue weighted by Gasteiger charge is 2.33. The average molecular weight is 448 g/mol. The van der Waals surface area contributed by atoms with Crippen molar-refractivity contribution in [2.75, 3.05) is 11.9 Å². The topological polar surface area (TPSA) is 102 Å². The lowest BCUT2D eigenvalue weighted by Gasteiger charge is -2.18. The molecular weight excluding hydrogens is 418 g/mol. The lowest BCUT2D eigenvalue weighted by Crippen LogP contribution is -2.26. The molecule has 1 fully saturated rings. The third-order valence-electron chi connectivity index (χ3n) is 6.25. The molecule has 9 heteroatoms. The molecule has 0 radical (unpaired) electrons. The summed E-state index contributed by atoms with van der Waals surface area (Å²) in [6.45, 7) is 6.17. The number of rotatable bonds is 8. The summed E-state index contributed by atoms with van der Waals surface area (Å²) in [4.78, 5) is 8.73. The van der Waals surface area contributed by atoms with Gasteiger partial charge in [0.2, 0.25) is 0 Å². The predicted molar refractivity (Wildman–Crippen MR) is 126 cm³/mol. The van der Waals surface area contributed by atoms with Crippen molar-refractivity contribution in [3.8, 4) is 17.0 Å². The zero-order valence-electron chi connectivity index (χ0n) is 19.4. The fraction of sp³-hybridized carbons (Fsp3) is 0.417. The Labute approximate surface area is 192 Å². The first-order valence-corrected chi connectivity index (χ1v) is 11.3. The van der Waals surface area contributed by atoms with Crippen LogP contribution in [0.15, 0.2) is 36.7 Å². The van der Waals surface area contributed by atoms with Gasteiger partial charge in [0.15, 0.2) is 11.6 Å². The second-order valence-corrected chi connectivity index (χ2v) is 8.94. The van der Waals surface area contributed by atoms with Crippen LogP contribution in [0.4, 0.5) is 11.6 Å². The number of ether oxygens (including phenoxy) is 1. The second kappa shape index (κ2) is 8.47. The molecule has 1 aliphatic carbocycles. The summed E-state index contributed by atoms with van der Waals surface area (Å²) in [5, 5.41) is 22.7. The van der Waals surface area contributed by atoms with Crippen molar-refractivity contribution in [3.63, 3.8) is 0 Å². The summed E-state index contributed by atoms with van der Waals surface area (Å²) in [6, 6.07) is 7.88. The van der Waals surface area contributed by atoms with Gasteiger partial charge in [-0.1, -0.05) is 6.92 Å². The Kier molecular flexibility index (Phi) is 5.49. The zero-order chi connectivity index (χ0) is 23.1. The molecule has 1 aliphatic rings. The predicted octanol–water partition coefficient (Wildman–Crippen LogP) is 3.67. The number of aliphatic hydroxyl groups is 1. The van der Waals surface area contributed by atoms with Gasteiger partial charge in [-0.2, -0.15) is 10.2 Å². The molecule has 0 aliphatic heterocycles. The fourth-order valence-electron chi connectivity index (χ4n) is 4.23. The van der Waals surface area contributed by atoms with Gasteiger partial charge in [-0.05, 0) is 50.7 Å². The summed E-state index contributed by atoms with van der Waals surface area (Å²) in [6.07, 6.45) is 5.54. The van der Waals surface area contributed by atoms with E-state index in [1.165, 1.54) is 12.8 Å². The Bertz CT molecular complexity index is 1270. The van der Waals surface area contributed by atoms with E-state index < -0.39 is 6.10 Å². The lowest BCUT2D eigenvalue weighted by atomic mass is 10.00. The van der Waals surface area contributed by atoms with Gasteiger partial charge in [-0.3, -0.25) is 4.68 Å². The van der Waals surface area contributed by atoms with Gasteiger partial charge in [0.05, 0.1) is 17.8 Å². The minimum absolute atomic E-state index is 0.252. The molecule has 0 saturated heterocycles.